The van der Waals surface area contributed by atoms with E-state index in [-0.39, 0.29) is 7.43 Å². The van der Waals surface area contributed by atoms with E-state index in [0.29, 0.717) is 12.1 Å². The molecule has 0 spiro atoms. The summed E-state index contributed by atoms with van der Waals surface area (Å²) in [5, 5.41) is 0. The van der Waals surface area contributed by atoms with Gasteiger partial charge in [-0.2, -0.15) is 0 Å². The molecular weight excluding hydrogens is 378 g/mol. The van der Waals surface area contributed by atoms with Gasteiger partial charge in [0.2, 0.25) is 0 Å². The lowest BCUT2D eigenvalue weighted by Crippen LogP contribution is -2.31. The van der Waals surface area contributed by atoms with Gasteiger partial charge in [0, 0.05) is 12.6 Å². The number of fused-ring (bicyclic) bond motifs is 1. The largest absolute Gasteiger partial charge is 0.490 e. The quantitative estimate of drug-likeness (QED) is 0.418. The van der Waals surface area contributed by atoms with Crippen molar-refractivity contribution < 1.29 is 4.74 Å². The summed E-state index contributed by atoms with van der Waals surface area (Å²) in [5.41, 5.74) is 4.54. The van der Waals surface area contributed by atoms with Gasteiger partial charge in [-0.1, -0.05) is 50.7 Å². The summed E-state index contributed by atoms with van der Waals surface area (Å²) in [6.07, 6.45) is 9.96. The van der Waals surface area contributed by atoms with Crippen molar-refractivity contribution in [2.75, 3.05) is 13.6 Å². The highest BCUT2D eigenvalue weighted by atomic mass is 16.5. The van der Waals surface area contributed by atoms with Crippen molar-refractivity contribution >= 4 is 0 Å². The Labute approximate surface area is 192 Å². The molecule has 2 atom stereocenters. The van der Waals surface area contributed by atoms with E-state index in [2.05, 4.69) is 81.2 Å². The molecule has 2 aromatic rings. The van der Waals surface area contributed by atoms with Gasteiger partial charge in [0.05, 0.1) is 6.10 Å². The first kappa shape index (κ1) is 25.5. The zero-order chi connectivity index (χ0) is 21.3. The van der Waals surface area contributed by atoms with Crippen LogP contribution < -0.4 is 4.74 Å². The van der Waals surface area contributed by atoms with Crippen LogP contribution in [0.3, 0.4) is 0 Å². The molecule has 0 aliphatic heterocycles. The van der Waals surface area contributed by atoms with Gasteiger partial charge in [0.15, 0.2) is 0 Å². The first-order chi connectivity index (χ1) is 14.5. The predicted molar refractivity (Wildman–Crippen MR) is 135 cm³/mol. The summed E-state index contributed by atoms with van der Waals surface area (Å²) in [5.74, 6) is 1.87. The van der Waals surface area contributed by atoms with Crippen LogP contribution in [0, 0.1) is 5.92 Å². The first-order valence-corrected chi connectivity index (χ1v) is 12.1. The Kier molecular flexibility index (Phi) is 10.6. The van der Waals surface area contributed by atoms with Crippen molar-refractivity contribution in [2.24, 2.45) is 5.92 Å². The number of hydrogen-bond acceptors (Lipinski definition) is 2. The zero-order valence-corrected chi connectivity index (χ0v) is 19.6. The van der Waals surface area contributed by atoms with E-state index < -0.39 is 0 Å². The Morgan fingerprint density at radius 1 is 1.00 bits per heavy atom. The number of nitrogens with zero attached hydrogens (tertiary/aromatic N) is 1. The molecule has 0 heterocycles. The van der Waals surface area contributed by atoms with Crippen molar-refractivity contribution in [1.29, 1.82) is 0 Å². The Balaban J connectivity index is 0.00000341. The van der Waals surface area contributed by atoms with Crippen molar-refractivity contribution in [2.45, 2.75) is 91.7 Å². The number of benzene rings is 2. The number of rotatable bonds is 9. The van der Waals surface area contributed by atoms with E-state index in [1.165, 1.54) is 55.2 Å². The second-order valence-electron chi connectivity index (χ2n) is 9.43. The Morgan fingerprint density at radius 3 is 2.48 bits per heavy atom. The molecule has 2 nitrogen and oxygen atoms in total. The summed E-state index contributed by atoms with van der Waals surface area (Å²) in [7, 11) is 2.20. The molecule has 2 heteroatoms. The molecule has 2 unspecified atom stereocenters. The minimum Gasteiger partial charge on any atom is -0.490 e. The number of hydrogen-bond donors (Lipinski definition) is 0. The van der Waals surface area contributed by atoms with E-state index in [0.717, 1.165) is 31.1 Å². The van der Waals surface area contributed by atoms with Crippen LogP contribution in [-0.2, 0) is 19.3 Å². The molecule has 0 radical (unpaired) electrons. The molecule has 3 rings (SSSR count). The minimum atomic E-state index is 0. The van der Waals surface area contributed by atoms with Gasteiger partial charge in [-0.3, -0.25) is 0 Å². The minimum absolute atomic E-state index is 0. The molecule has 2 aromatic carbocycles. The summed E-state index contributed by atoms with van der Waals surface area (Å²) >= 11 is 0. The van der Waals surface area contributed by atoms with Gasteiger partial charge in [-0.15, -0.1) is 0 Å². The molecule has 1 aliphatic rings. The zero-order valence-electron chi connectivity index (χ0n) is 19.6. The molecule has 0 amide bonds. The third kappa shape index (κ3) is 8.00. The summed E-state index contributed by atoms with van der Waals surface area (Å²) in [4.78, 5) is 2.40. The highest BCUT2D eigenvalue weighted by Crippen LogP contribution is 2.29. The SMILES string of the molecule is C.CCC(CCN(C)C(C)C)Oc1ccc2c(c1)CCCC(Cc1ccccc1)CC2. The van der Waals surface area contributed by atoms with Crippen LogP contribution in [0.5, 0.6) is 5.75 Å². The second kappa shape index (κ2) is 12.9. The topological polar surface area (TPSA) is 12.5 Å². The van der Waals surface area contributed by atoms with E-state index in [1.54, 1.807) is 0 Å². The maximum Gasteiger partial charge on any atom is 0.120 e. The van der Waals surface area contributed by atoms with Crippen LogP contribution in [0.25, 0.3) is 0 Å². The molecule has 0 aromatic heterocycles. The third-order valence-electron chi connectivity index (χ3n) is 6.87. The third-order valence-corrected chi connectivity index (χ3v) is 6.87. The summed E-state index contributed by atoms with van der Waals surface area (Å²) < 4.78 is 6.41. The smallest absolute Gasteiger partial charge is 0.120 e. The lowest BCUT2D eigenvalue weighted by Gasteiger charge is -2.25. The molecule has 0 saturated carbocycles. The van der Waals surface area contributed by atoms with Gasteiger partial charge in [-0.05, 0) is 107 Å². The maximum absolute atomic E-state index is 6.41. The molecular formula is C29H45NO. The van der Waals surface area contributed by atoms with Crippen LogP contribution in [0.4, 0.5) is 0 Å². The van der Waals surface area contributed by atoms with Crippen LogP contribution in [0.15, 0.2) is 48.5 Å². The van der Waals surface area contributed by atoms with E-state index >= 15 is 0 Å². The Morgan fingerprint density at radius 2 is 1.77 bits per heavy atom. The van der Waals surface area contributed by atoms with Gasteiger partial charge in [0.1, 0.15) is 5.75 Å². The monoisotopic (exact) mass is 423 g/mol. The van der Waals surface area contributed by atoms with Crippen molar-refractivity contribution in [3.63, 3.8) is 0 Å². The molecule has 0 saturated heterocycles. The fourth-order valence-corrected chi connectivity index (χ4v) is 4.53. The average molecular weight is 424 g/mol. The number of ether oxygens (including phenoxy) is 1. The van der Waals surface area contributed by atoms with Crippen molar-refractivity contribution in [1.82, 2.24) is 4.90 Å². The Hall–Kier alpha value is -1.80. The average Bonchev–Trinajstić information content (AvgIpc) is 2.74. The molecule has 0 N–H and O–H groups in total. The predicted octanol–water partition coefficient (Wildman–Crippen LogP) is 7.34. The summed E-state index contributed by atoms with van der Waals surface area (Å²) in [6.45, 7) is 7.83. The second-order valence-corrected chi connectivity index (χ2v) is 9.43. The molecule has 1 aliphatic carbocycles. The summed E-state index contributed by atoms with van der Waals surface area (Å²) in [6, 6.07) is 18.5. The normalized spacial score (nSPS) is 17.4. The lowest BCUT2D eigenvalue weighted by atomic mass is 9.84. The first-order valence-electron chi connectivity index (χ1n) is 12.1. The van der Waals surface area contributed by atoms with Crippen LogP contribution >= 0.6 is 0 Å². The van der Waals surface area contributed by atoms with Crippen molar-refractivity contribution in [3.8, 4) is 5.75 Å². The van der Waals surface area contributed by atoms with Gasteiger partial charge in [0.25, 0.3) is 0 Å². The highest BCUT2D eigenvalue weighted by molar-refractivity contribution is 5.36. The molecule has 172 valence electrons. The van der Waals surface area contributed by atoms with E-state index in [9.17, 15) is 0 Å². The van der Waals surface area contributed by atoms with Gasteiger partial charge in [-0.25, -0.2) is 0 Å². The van der Waals surface area contributed by atoms with Crippen molar-refractivity contribution in [3.05, 3.63) is 65.2 Å². The molecule has 0 fully saturated rings. The van der Waals surface area contributed by atoms with E-state index in [4.69, 9.17) is 4.74 Å². The standard InChI is InChI=1S/C28H41NO.CH4/c1-5-27(18-19-29(4)22(2)3)30-28-17-16-25-15-14-24(12-9-13-26(25)21-28)20-23-10-7-6-8-11-23;/h6-8,10-11,16-17,21-22,24,27H,5,9,12-15,18-20H2,1-4H3;1H4. The van der Waals surface area contributed by atoms with Crippen LogP contribution in [0.1, 0.15) is 77.0 Å². The van der Waals surface area contributed by atoms with E-state index in [1.807, 2.05) is 0 Å². The fraction of sp³-hybridized carbons (Fsp3) is 0.586. The molecule has 0 bridgehead atoms. The lowest BCUT2D eigenvalue weighted by molar-refractivity contribution is 0.157. The number of aryl methyl sites for hydroxylation is 2. The van der Waals surface area contributed by atoms with Gasteiger partial charge >= 0.3 is 0 Å². The Bertz CT molecular complexity index is 755. The van der Waals surface area contributed by atoms with Crippen LogP contribution in [0.2, 0.25) is 0 Å². The van der Waals surface area contributed by atoms with Gasteiger partial charge < -0.3 is 9.64 Å². The fourth-order valence-electron chi connectivity index (χ4n) is 4.53. The van der Waals surface area contributed by atoms with Crippen LogP contribution in [-0.4, -0.2) is 30.6 Å². The highest BCUT2D eigenvalue weighted by Gasteiger charge is 2.17. The molecule has 31 heavy (non-hydrogen) atoms. The maximum atomic E-state index is 6.41.